The second-order valence-electron chi connectivity index (χ2n) is 10.1. The van der Waals surface area contributed by atoms with E-state index in [4.69, 9.17) is 18.0 Å². The van der Waals surface area contributed by atoms with Crippen LogP contribution in [0.2, 0.25) is 0 Å². The molecule has 6 nitrogen and oxygen atoms in total. The predicted octanol–water partition coefficient (Wildman–Crippen LogP) is 4.32. The molecule has 0 bridgehead atoms. The molecule has 2 heterocycles. The molecule has 1 aromatic rings. The smallest absolute Gasteiger partial charge is 0.184 e. The topological polar surface area (TPSA) is 60.1 Å². The molecule has 2 saturated heterocycles. The quantitative estimate of drug-likeness (QED) is 0.339. The second kappa shape index (κ2) is 11.7. The maximum Gasteiger partial charge on any atom is 0.184 e. The van der Waals surface area contributed by atoms with E-state index in [1.165, 1.54) is 44.9 Å². The molecule has 1 saturated carbocycles. The van der Waals surface area contributed by atoms with Gasteiger partial charge in [0.15, 0.2) is 5.11 Å². The second-order valence-corrected chi connectivity index (χ2v) is 10.6. The Bertz CT molecular complexity index is 865. The lowest BCUT2D eigenvalue weighted by molar-refractivity contribution is 0.175. The number of piperazine rings is 1. The molecule has 4 rings (SSSR count). The highest BCUT2D eigenvalue weighted by atomic mass is 32.1. The Kier molecular flexibility index (Phi) is 8.64. The van der Waals surface area contributed by atoms with E-state index >= 15 is 4.39 Å². The van der Waals surface area contributed by atoms with Gasteiger partial charge in [0.1, 0.15) is 5.82 Å². The first kappa shape index (κ1) is 25.2. The summed E-state index contributed by atoms with van der Waals surface area (Å²) in [5.74, 6) is 1.39. The molecule has 3 aliphatic rings. The van der Waals surface area contributed by atoms with Crippen molar-refractivity contribution < 1.29 is 4.39 Å². The minimum Gasteiger partial charge on any atom is -0.375 e. The lowest BCUT2D eigenvalue weighted by atomic mass is 9.75. The third kappa shape index (κ3) is 5.82. The highest BCUT2D eigenvalue weighted by molar-refractivity contribution is 7.80. The van der Waals surface area contributed by atoms with E-state index in [2.05, 4.69) is 45.1 Å². The molecule has 0 unspecified atom stereocenters. The highest BCUT2D eigenvalue weighted by Crippen LogP contribution is 2.39. The SMILES string of the molecule is CCC(CC)N1CCN(c2cc(N3CC[C@@H]4CCCC[C@@H]4C3)c(C=NNC(N)=S)cc2F)CC1. The van der Waals surface area contributed by atoms with Crippen molar-refractivity contribution in [1.29, 1.82) is 0 Å². The largest absolute Gasteiger partial charge is 0.375 e. The summed E-state index contributed by atoms with van der Waals surface area (Å²) >= 11 is 4.87. The van der Waals surface area contributed by atoms with Gasteiger partial charge in [0.25, 0.3) is 0 Å². The molecule has 3 fully saturated rings. The van der Waals surface area contributed by atoms with Gasteiger partial charge in [-0.05, 0) is 61.9 Å². The number of hydrogen-bond donors (Lipinski definition) is 2. The molecule has 0 spiro atoms. The van der Waals surface area contributed by atoms with Gasteiger partial charge in [0.05, 0.1) is 11.9 Å². The van der Waals surface area contributed by atoms with Gasteiger partial charge < -0.3 is 15.5 Å². The van der Waals surface area contributed by atoms with Crippen LogP contribution in [-0.4, -0.2) is 61.5 Å². The molecule has 0 radical (unpaired) electrons. The fourth-order valence-corrected chi connectivity index (χ4v) is 6.36. The molecule has 1 aromatic carbocycles. The number of benzene rings is 1. The number of hydrogen-bond acceptors (Lipinski definition) is 5. The Morgan fingerprint density at radius 3 is 2.44 bits per heavy atom. The Morgan fingerprint density at radius 1 is 1.06 bits per heavy atom. The summed E-state index contributed by atoms with van der Waals surface area (Å²) in [6, 6.07) is 4.32. The van der Waals surface area contributed by atoms with Crippen molar-refractivity contribution in [3.8, 4) is 0 Å². The van der Waals surface area contributed by atoms with Gasteiger partial charge in [-0.2, -0.15) is 5.10 Å². The molecule has 2 aliphatic heterocycles. The monoisotopic (exact) mass is 488 g/mol. The lowest BCUT2D eigenvalue weighted by Crippen LogP contribution is -2.50. The summed E-state index contributed by atoms with van der Waals surface area (Å²) in [5.41, 5.74) is 10.7. The van der Waals surface area contributed by atoms with E-state index in [9.17, 15) is 0 Å². The van der Waals surface area contributed by atoms with Crippen LogP contribution in [0.25, 0.3) is 0 Å². The van der Waals surface area contributed by atoms with Crippen molar-refractivity contribution in [3.63, 3.8) is 0 Å². The van der Waals surface area contributed by atoms with Crippen LogP contribution in [0.15, 0.2) is 17.2 Å². The average Bonchev–Trinajstić information content (AvgIpc) is 2.85. The molecular formula is C26H41FN6S. The fourth-order valence-electron chi connectivity index (χ4n) is 6.30. The first-order valence-electron chi connectivity index (χ1n) is 13.2. The number of nitrogens with one attached hydrogen (secondary N) is 1. The summed E-state index contributed by atoms with van der Waals surface area (Å²) in [5, 5.41) is 4.26. The first-order valence-corrected chi connectivity index (χ1v) is 13.6. The van der Waals surface area contributed by atoms with Crippen LogP contribution in [-0.2, 0) is 0 Å². The van der Waals surface area contributed by atoms with Gasteiger partial charge in [0.2, 0.25) is 0 Å². The molecule has 1 aliphatic carbocycles. The molecule has 8 heteroatoms. The lowest BCUT2D eigenvalue weighted by Gasteiger charge is -2.43. The number of fused-ring (bicyclic) bond motifs is 1. The maximum atomic E-state index is 15.4. The Hall–Kier alpha value is -1.93. The zero-order valence-corrected chi connectivity index (χ0v) is 21.6. The standard InChI is InChI=1S/C26H41FN6S/c1-3-22(4-2)31-11-13-32(14-12-31)25-16-24(21(15-23(25)27)17-29-30-26(28)34)33-10-9-19-7-5-6-8-20(19)18-33/h15-17,19-20,22H,3-14,18H2,1-2H3,(H3,28,30,34)/t19-,20+/m0/s1. The van der Waals surface area contributed by atoms with E-state index < -0.39 is 0 Å². The van der Waals surface area contributed by atoms with Crippen molar-refractivity contribution in [2.45, 2.75) is 64.8 Å². The molecule has 2 atom stereocenters. The number of rotatable bonds is 7. The van der Waals surface area contributed by atoms with Gasteiger partial charge >= 0.3 is 0 Å². The molecule has 3 N–H and O–H groups in total. The summed E-state index contributed by atoms with van der Waals surface area (Å²) in [6.45, 7) is 10.2. The van der Waals surface area contributed by atoms with Crippen LogP contribution in [0.4, 0.5) is 15.8 Å². The van der Waals surface area contributed by atoms with Crippen molar-refractivity contribution in [1.82, 2.24) is 10.3 Å². The van der Waals surface area contributed by atoms with Gasteiger partial charge in [-0.1, -0.05) is 33.1 Å². The average molecular weight is 489 g/mol. The zero-order chi connectivity index (χ0) is 24.1. The minimum absolute atomic E-state index is 0.105. The first-order chi connectivity index (χ1) is 16.5. The number of hydrazone groups is 1. The summed E-state index contributed by atoms with van der Waals surface area (Å²) in [6.07, 6.45) is 10.6. The molecule has 188 valence electrons. The van der Waals surface area contributed by atoms with Gasteiger partial charge in [-0.3, -0.25) is 10.3 Å². The molecule has 0 aromatic heterocycles. The summed E-state index contributed by atoms with van der Waals surface area (Å²) in [7, 11) is 0. The number of thiocarbonyl (C=S) groups is 1. The van der Waals surface area contributed by atoms with Crippen molar-refractivity contribution in [2.24, 2.45) is 22.7 Å². The number of halogens is 1. The van der Waals surface area contributed by atoms with Crippen LogP contribution in [0.1, 0.15) is 64.4 Å². The highest BCUT2D eigenvalue weighted by Gasteiger charge is 2.32. The Morgan fingerprint density at radius 2 is 1.76 bits per heavy atom. The van der Waals surface area contributed by atoms with E-state index in [0.717, 1.165) is 62.4 Å². The zero-order valence-electron chi connectivity index (χ0n) is 20.8. The molecule has 0 amide bonds. The van der Waals surface area contributed by atoms with Crippen LogP contribution in [0.3, 0.4) is 0 Å². The third-order valence-electron chi connectivity index (χ3n) is 8.22. The third-order valence-corrected chi connectivity index (χ3v) is 8.31. The van der Waals surface area contributed by atoms with E-state index in [1.54, 1.807) is 12.3 Å². The van der Waals surface area contributed by atoms with Crippen LogP contribution in [0.5, 0.6) is 0 Å². The maximum absolute atomic E-state index is 15.4. The van der Waals surface area contributed by atoms with Gasteiger partial charge in [-0.15, -0.1) is 0 Å². The normalized spacial score (nSPS) is 24.0. The fraction of sp³-hybridized carbons (Fsp3) is 0.692. The van der Waals surface area contributed by atoms with Gasteiger partial charge in [-0.25, -0.2) is 4.39 Å². The molecule has 34 heavy (non-hydrogen) atoms. The number of anilines is 2. The van der Waals surface area contributed by atoms with E-state index in [0.29, 0.717) is 11.7 Å². The van der Waals surface area contributed by atoms with Crippen LogP contribution >= 0.6 is 12.2 Å². The Balaban J connectivity index is 1.57. The molecular weight excluding hydrogens is 447 g/mol. The summed E-state index contributed by atoms with van der Waals surface area (Å²) in [4.78, 5) is 7.24. The van der Waals surface area contributed by atoms with Crippen molar-refractivity contribution >= 4 is 34.9 Å². The van der Waals surface area contributed by atoms with Crippen LogP contribution < -0.4 is 21.0 Å². The minimum atomic E-state index is -0.191. The van der Waals surface area contributed by atoms with Crippen LogP contribution in [0, 0.1) is 17.7 Å². The number of nitrogens with zero attached hydrogens (tertiary/aromatic N) is 4. The van der Waals surface area contributed by atoms with E-state index in [-0.39, 0.29) is 10.9 Å². The number of piperidine rings is 1. The van der Waals surface area contributed by atoms with Gasteiger partial charge in [0, 0.05) is 56.6 Å². The summed E-state index contributed by atoms with van der Waals surface area (Å²) < 4.78 is 15.4. The van der Waals surface area contributed by atoms with Crippen molar-refractivity contribution in [2.75, 3.05) is 49.1 Å². The predicted molar refractivity (Wildman–Crippen MR) is 144 cm³/mol. The van der Waals surface area contributed by atoms with Crippen molar-refractivity contribution in [3.05, 3.63) is 23.5 Å². The Labute approximate surface area is 209 Å². The number of nitrogens with two attached hydrogens (primary N) is 1. The van der Waals surface area contributed by atoms with E-state index in [1.807, 2.05) is 0 Å².